The average Bonchev–Trinajstić information content (AvgIpc) is 2.33. The quantitative estimate of drug-likeness (QED) is 0.320. The summed E-state index contributed by atoms with van der Waals surface area (Å²) >= 11 is 0. The first-order valence-corrected chi connectivity index (χ1v) is 5.82. The number of aryl methyl sites for hydroxylation is 1. The van der Waals surface area contributed by atoms with Gasteiger partial charge in [0.1, 0.15) is 17.5 Å². The molecule has 6 heteroatoms. The minimum absolute atomic E-state index is 0.244. The van der Waals surface area contributed by atoms with Crippen molar-refractivity contribution in [3.63, 3.8) is 0 Å². The molecule has 0 spiro atoms. The molecule has 96 valence electrons. The van der Waals surface area contributed by atoms with Crippen LogP contribution in [0.15, 0.2) is 6.07 Å². The van der Waals surface area contributed by atoms with Crippen LogP contribution in [0.1, 0.15) is 25.6 Å². The monoisotopic (exact) mass is 239 g/mol. The molecule has 1 heterocycles. The summed E-state index contributed by atoms with van der Waals surface area (Å²) in [5.74, 6) is 7.70. The second kappa shape index (κ2) is 7.03. The third-order valence-electron chi connectivity index (χ3n) is 2.48. The van der Waals surface area contributed by atoms with E-state index in [9.17, 15) is 0 Å². The number of rotatable bonds is 7. The SMILES string of the molecule is Cc1nc(NN)cc(NCCCC(C)CO)n1. The molecule has 1 unspecified atom stereocenters. The standard InChI is InChI=1S/C11H21N5O/c1-8(7-17)4-3-5-13-10-6-11(16-12)15-9(2)14-10/h6,8,17H,3-5,7,12H2,1-2H3,(H2,13,14,15,16). The number of aliphatic hydroxyl groups excluding tert-OH is 1. The lowest BCUT2D eigenvalue weighted by Gasteiger charge is -2.10. The lowest BCUT2D eigenvalue weighted by molar-refractivity contribution is 0.229. The summed E-state index contributed by atoms with van der Waals surface area (Å²) in [5.41, 5.74) is 2.50. The molecular formula is C11H21N5O. The van der Waals surface area contributed by atoms with Gasteiger partial charge in [-0.05, 0) is 25.7 Å². The van der Waals surface area contributed by atoms with Crippen LogP contribution in [0, 0.1) is 12.8 Å². The van der Waals surface area contributed by atoms with Crippen molar-refractivity contribution >= 4 is 11.6 Å². The van der Waals surface area contributed by atoms with Crippen LogP contribution in [0.5, 0.6) is 0 Å². The molecule has 17 heavy (non-hydrogen) atoms. The van der Waals surface area contributed by atoms with Crippen molar-refractivity contribution in [1.29, 1.82) is 0 Å². The van der Waals surface area contributed by atoms with Gasteiger partial charge in [0.2, 0.25) is 0 Å². The average molecular weight is 239 g/mol. The highest BCUT2D eigenvalue weighted by Gasteiger charge is 2.02. The van der Waals surface area contributed by atoms with E-state index in [1.54, 1.807) is 6.07 Å². The summed E-state index contributed by atoms with van der Waals surface area (Å²) < 4.78 is 0. The molecule has 0 saturated carbocycles. The van der Waals surface area contributed by atoms with E-state index in [-0.39, 0.29) is 6.61 Å². The first-order valence-electron chi connectivity index (χ1n) is 5.82. The fraction of sp³-hybridized carbons (Fsp3) is 0.636. The van der Waals surface area contributed by atoms with Crippen molar-refractivity contribution in [3.05, 3.63) is 11.9 Å². The van der Waals surface area contributed by atoms with Crippen LogP contribution in [0.2, 0.25) is 0 Å². The number of nitrogens with two attached hydrogens (primary N) is 1. The van der Waals surface area contributed by atoms with Crippen molar-refractivity contribution in [2.24, 2.45) is 11.8 Å². The van der Waals surface area contributed by atoms with Gasteiger partial charge in [-0.3, -0.25) is 0 Å². The Kier molecular flexibility index (Phi) is 5.65. The fourth-order valence-corrected chi connectivity index (χ4v) is 1.49. The van der Waals surface area contributed by atoms with Crippen LogP contribution in [0.25, 0.3) is 0 Å². The number of aliphatic hydroxyl groups is 1. The van der Waals surface area contributed by atoms with Gasteiger partial charge in [-0.15, -0.1) is 0 Å². The molecule has 0 aliphatic rings. The largest absolute Gasteiger partial charge is 0.396 e. The van der Waals surface area contributed by atoms with Gasteiger partial charge >= 0.3 is 0 Å². The highest BCUT2D eigenvalue weighted by molar-refractivity contribution is 5.46. The van der Waals surface area contributed by atoms with Gasteiger partial charge in [-0.1, -0.05) is 6.92 Å². The van der Waals surface area contributed by atoms with E-state index in [1.165, 1.54) is 0 Å². The summed E-state index contributed by atoms with van der Waals surface area (Å²) in [5, 5.41) is 12.1. The predicted octanol–water partition coefficient (Wildman–Crippen LogP) is 0.891. The van der Waals surface area contributed by atoms with Crippen LogP contribution < -0.4 is 16.6 Å². The van der Waals surface area contributed by atoms with Crippen molar-refractivity contribution in [2.45, 2.75) is 26.7 Å². The Morgan fingerprint density at radius 2 is 2.12 bits per heavy atom. The number of anilines is 2. The lowest BCUT2D eigenvalue weighted by Crippen LogP contribution is -2.12. The molecular weight excluding hydrogens is 218 g/mol. The van der Waals surface area contributed by atoms with Gasteiger partial charge in [-0.25, -0.2) is 15.8 Å². The normalized spacial score (nSPS) is 12.2. The minimum Gasteiger partial charge on any atom is -0.396 e. The molecule has 1 atom stereocenters. The smallest absolute Gasteiger partial charge is 0.145 e. The first-order chi connectivity index (χ1) is 8.15. The Hall–Kier alpha value is -1.40. The van der Waals surface area contributed by atoms with Crippen LogP contribution >= 0.6 is 0 Å². The third kappa shape index (κ3) is 4.97. The maximum Gasteiger partial charge on any atom is 0.145 e. The van der Waals surface area contributed by atoms with Crippen LogP contribution in [0.4, 0.5) is 11.6 Å². The lowest BCUT2D eigenvalue weighted by atomic mass is 10.1. The topological polar surface area (TPSA) is 96.1 Å². The van der Waals surface area contributed by atoms with Gasteiger partial charge in [0, 0.05) is 19.2 Å². The molecule has 1 aromatic rings. The van der Waals surface area contributed by atoms with E-state index in [0.29, 0.717) is 17.6 Å². The van der Waals surface area contributed by atoms with Gasteiger partial charge < -0.3 is 15.8 Å². The van der Waals surface area contributed by atoms with Crippen molar-refractivity contribution < 1.29 is 5.11 Å². The highest BCUT2D eigenvalue weighted by atomic mass is 16.3. The molecule has 0 radical (unpaired) electrons. The van der Waals surface area contributed by atoms with Crippen molar-refractivity contribution in [3.8, 4) is 0 Å². The molecule has 1 rings (SSSR count). The molecule has 5 N–H and O–H groups in total. The van der Waals surface area contributed by atoms with Crippen molar-refractivity contribution in [1.82, 2.24) is 9.97 Å². The van der Waals surface area contributed by atoms with E-state index in [1.807, 2.05) is 13.8 Å². The Morgan fingerprint density at radius 3 is 2.76 bits per heavy atom. The zero-order valence-electron chi connectivity index (χ0n) is 10.4. The molecule has 1 aromatic heterocycles. The van der Waals surface area contributed by atoms with Gasteiger partial charge in [0.25, 0.3) is 0 Å². The summed E-state index contributed by atoms with van der Waals surface area (Å²) in [6.45, 7) is 4.92. The van der Waals surface area contributed by atoms with Crippen LogP contribution in [-0.2, 0) is 0 Å². The van der Waals surface area contributed by atoms with E-state index in [4.69, 9.17) is 10.9 Å². The Morgan fingerprint density at radius 1 is 1.41 bits per heavy atom. The molecule has 0 aliphatic carbocycles. The predicted molar refractivity (Wildman–Crippen MR) is 68.6 cm³/mol. The highest BCUT2D eigenvalue weighted by Crippen LogP contribution is 2.10. The first kappa shape index (κ1) is 13.7. The second-order valence-corrected chi connectivity index (χ2v) is 4.19. The van der Waals surface area contributed by atoms with Gasteiger partial charge in [0.15, 0.2) is 0 Å². The molecule has 0 aliphatic heterocycles. The van der Waals surface area contributed by atoms with E-state index in [2.05, 4.69) is 20.7 Å². The van der Waals surface area contributed by atoms with E-state index >= 15 is 0 Å². The van der Waals surface area contributed by atoms with Crippen LogP contribution in [-0.4, -0.2) is 28.2 Å². The molecule has 6 nitrogen and oxygen atoms in total. The second-order valence-electron chi connectivity index (χ2n) is 4.19. The zero-order chi connectivity index (χ0) is 12.7. The maximum absolute atomic E-state index is 8.89. The molecule has 0 fully saturated rings. The number of aromatic nitrogens is 2. The summed E-state index contributed by atoms with van der Waals surface area (Å²) in [6.07, 6.45) is 1.99. The Bertz CT molecular complexity index is 345. The van der Waals surface area contributed by atoms with Crippen LogP contribution in [0.3, 0.4) is 0 Å². The Labute approximate surface area is 102 Å². The number of nitrogen functional groups attached to an aromatic ring is 1. The van der Waals surface area contributed by atoms with Gasteiger partial charge in [0.05, 0.1) is 0 Å². The third-order valence-corrected chi connectivity index (χ3v) is 2.48. The number of hydrogen-bond donors (Lipinski definition) is 4. The summed E-state index contributed by atoms with van der Waals surface area (Å²) in [4.78, 5) is 8.35. The molecule has 0 bridgehead atoms. The Balaban J connectivity index is 2.38. The molecule has 0 amide bonds. The number of hydrazine groups is 1. The number of nitrogens with one attached hydrogen (secondary N) is 2. The molecule has 0 aromatic carbocycles. The zero-order valence-corrected chi connectivity index (χ0v) is 10.4. The van der Waals surface area contributed by atoms with Crippen molar-refractivity contribution in [2.75, 3.05) is 23.9 Å². The summed E-state index contributed by atoms with van der Waals surface area (Å²) in [6, 6.07) is 1.77. The molecule has 0 saturated heterocycles. The van der Waals surface area contributed by atoms with Gasteiger partial charge in [-0.2, -0.15) is 0 Å². The summed E-state index contributed by atoms with van der Waals surface area (Å²) in [7, 11) is 0. The maximum atomic E-state index is 8.89. The fourth-order valence-electron chi connectivity index (χ4n) is 1.49. The minimum atomic E-state index is 0.244. The number of hydrogen-bond acceptors (Lipinski definition) is 6. The number of nitrogens with zero attached hydrogens (tertiary/aromatic N) is 2. The van der Waals surface area contributed by atoms with E-state index < -0.39 is 0 Å². The van der Waals surface area contributed by atoms with E-state index in [0.717, 1.165) is 25.2 Å².